The number of likely N-dealkylation sites (tertiary alicyclic amines) is 1. The van der Waals surface area contributed by atoms with E-state index in [9.17, 15) is 14.4 Å². The summed E-state index contributed by atoms with van der Waals surface area (Å²) in [6, 6.07) is 16.2. The zero-order valence-electron chi connectivity index (χ0n) is 18.5. The van der Waals surface area contributed by atoms with Gasteiger partial charge in [0.1, 0.15) is 6.61 Å². The van der Waals surface area contributed by atoms with Crippen LogP contribution in [0.3, 0.4) is 0 Å². The molecule has 2 N–H and O–H groups in total. The van der Waals surface area contributed by atoms with Crippen molar-refractivity contribution in [2.45, 2.75) is 24.9 Å². The highest BCUT2D eigenvalue weighted by molar-refractivity contribution is 5.80. The third-order valence-corrected chi connectivity index (χ3v) is 6.44. The molecule has 0 aromatic heterocycles. The van der Waals surface area contributed by atoms with Gasteiger partial charge in [-0.1, -0.05) is 48.5 Å². The Morgan fingerprint density at radius 1 is 1.09 bits per heavy atom. The molecule has 2 atom stereocenters. The highest BCUT2D eigenvalue weighted by Crippen LogP contribution is 2.44. The molecule has 0 radical (unpaired) electrons. The number of carboxylic acids is 1. The maximum absolute atomic E-state index is 12.5. The van der Waals surface area contributed by atoms with Crippen molar-refractivity contribution in [2.75, 3.05) is 33.4 Å². The molecule has 8 heteroatoms. The van der Waals surface area contributed by atoms with Gasteiger partial charge in [0.25, 0.3) is 0 Å². The van der Waals surface area contributed by atoms with Crippen LogP contribution in [0.1, 0.15) is 29.9 Å². The predicted octanol–water partition coefficient (Wildman–Crippen LogP) is 2.86. The van der Waals surface area contributed by atoms with E-state index in [4.69, 9.17) is 14.6 Å². The minimum Gasteiger partial charge on any atom is -0.481 e. The molecule has 0 saturated carbocycles. The van der Waals surface area contributed by atoms with Gasteiger partial charge in [0.05, 0.1) is 18.4 Å². The monoisotopic (exact) mass is 452 g/mol. The fraction of sp³-hybridized carbons (Fsp3) is 0.400. The summed E-state index contributed by atoms with van der Waals surface area (Å²) in [5.41, 5.74) is 4.59. The number of carbonyl (C=O) groups excluding carboxylic acids is 2. The number of ether oxygens (including phenoxy) is 2. The number of carbonyl (C=O) groups is 3. The molecule has 2 aromatic rings. The van der Waals surface area contributed by atoms with E-state index in [2.05, 4.69) is 29.6 Å². The van der Waals surface area contributed by atoms with E-state index >= 15 is 0 Å². The molecule has 1 aliphatic carbocycles. The summed E-state index contributed by atoms with van der Waals surface area (Å²) in [6.45, 7) is 0.965. The zero-order valence-corrected chi connectivity index (χ0v) is 18.5. The van der Waals surface area contributed by atoms with Gasteiger partial charge in [0, 0.05) is 32.7 Å². The lowest BCUT2D eigenvalue weighted by atomic mass is 9.98. The highest BCUT2D eigenvalue weighted by atomic mass is 16.5. The smallest absolute Gasteiger partial charge is 0.407 e. The van der Waals surface area contributed by atoms with Crippen molar-refractivity contribution in [3.8, 4) is 11.1 Å². The fourth-order valence-electron chi connectivity index (χ4n) is 4.60. The molecule has 174 valence electrons. The average Bonchev–Trinajstić information content (AvgIpc) is 3.44. The average molecular weight is 453 g/mol. The van der Waals surface area contributed by atoms with E-state index < -0.39 is 24.1 Å². The summed E-state index contributed by atoms with van der Waals surface area (Å²) in [7, 11) is 1.47. The Hall–Kier alpha value is -3.39. The number of alkyl carbamates (subject to hydrolysis) is 1. The molecule has 2 amide bonds. The Balaban J connectivity index is 1.27. The van der Waals surface area contributed by atoms with Gasteiger partial charge in [-0.2, -0.15) is 0 Å². The lowest BCUT2D eigenvalue weighted by Gasteiger charge is -2.21. The molecule has 4 rings (SSSR count). The lowest BCUT2D eigenvalue weighted by Crippen LogP contribution is -2.38. The van der Waals surface area contributed by atoms with Gasteiger partial charge in [-0.25, -0.2) is 4.79 Å². The molecular formula is C25H28N2O6. The van der Waals surface area contributed by atoms with Crippen LogP contribution < -0.4 is 5.32 Å². The SMILES string of the molecule is COC(CNC(=O)OCC1c2ccccc2-c2ccccc21)CC(=O)N1CCC(C(=O)O)C1. The number of benzene rings is 2. The third-order valence-electron chi connectivity index (χ3n) is 6.44. The number of amides is 2. The van der Waals surface area contributed by atoms with Gasteiger partial charge in [-0.3, -0.25) is 9.59 Å². The Bertz CT molecular complexity index is 994. The second-order valence-corrected chi connectivity index (χ2v) is 8.43. The second-order valence-electron chi connectivity index (χ2n) is 8.43. The van der Waals surface area contributed by atoms with Gasteiger partial charge < -0.3 is 24.8 Å². The van der Waals surface area contributed by atoms with Crippen LogP contribution in [0.2, 0.25) is 0 Å². The summed E-state index contributed by atoms with van der Waals surface area (Å²) < 4.78 is 10.9. The molecule has 33 heavy (non-hydrogen) atoms. The highest BCUT2D eigenvalue weighted by Gasteiger charge is 2.32. The first-order chi connectivity index (χ1) is 16.0. The van der Waals surface area contributed by atoms with E-state index in [0.717, 1.165) is 22.3 Å². The van der Waals surface area contributed by atoms with E-state index in [0.29, 0.717) is 13.0 Å². The number of fused-ring (bicyclic) bond motifs is 3. The maximum Gasteiger partial charge on any atom is 0.407 e. The fourth-order valence-corrected chi connectivity index (χ4v) is 4.60. The minimum absolute atomic E-state index is 0.0275. The van der Waals surface area contributed by atoms with E-state index in [1.165, 1.54) is 12.0 Å². The number of hydrogen-bond acceptors (Lipinski definition) is 5. The first kappa shape index (κ1) is 22.8. The number of carboxylic acid groups (broad SMARTS) is 1. The van der Waals surface area contributed by atoms with Crippen molar-refractivity contribution in [3.05, 3.63) is 59.7 Å². The molecule has 2 aromatic carbocycles. The normalized spacial score (nSPS) is 17.8. The largest absolute Gasteiger partial charge is 0.481 e. The molecule has 0 spiro atoms. The van der Waals surface area contributed by atoms with Crippen LogP contribution in [0.4, 0.5) is 4.79 Å². The Morgan fingerprint density at radius 2 is 1.73 bits per heavy atom. The molecule has 1 aliphatic heterocycles. The third kappa shape index (κ3) is 5.01. The molecule has 8 nitrogen and oxygen atoms in total. The zero-order chi connectivity index (χ0) is 23.4. The van der Waals surface area contributed by atoms with E-state index in [1.807, 2.05) is 24.3 Å². The van der Waals surface area contributed by atoms with Gasteiger partial charge in [0.2, 0.25) is 5.91 Å². The molecule has 1 fully saturated rings. The van der Waals surface area contributed by atoms with Crippen LogP contribution >= 0.6 is 0 Å². The molecule has 2 aliphatic rings. The van der Waals surface area contributed by atoms with Crippen LogP contribution in [-0.2, 0) is 19.1 Å². The van der Waals surface area contributed by atoms with Crippen molar-refractivity contribution in [1.29, 1.82) is 0 Å². The van der Waals surface area contributed by atoms with Crippen LogP contribution in [0.25, 0.3) is 11.1 Å². The Kier molecular flexibility index (Phi) is 6.93. The molecule has 1 saturated heterocycles. The van der Waals surface area contributed by atoms with Crippen LogP contribution in [0.15, 0.2) is 48.5 Å². The summed E-state index contributed by atoms with van der Waals surface area (Å²) in [6.07, 6.45) is -0.580. The lowest BCUT2D eigenvalue weighted by molar-refractivity contribution is -0.141. The van der Waals surface area contributed by atoms with Crippen molar-refractivity contribution in [2.24, 2.45) is 5.92 Å². The van der Waals surface area contributed by atoms with Crippen LogP contribution in [-0.4, -0.2) is 67.4 Å². The quantitative estimate of drug-likeness (QED) is 0.638. The molecular weight excluding hydrogens is 424 g/mol. The first-order valence-electron chi connectivity index (χ1n) is 11.1. The number of aliphatic carboxylic acids is 1. The molecule has 0 bridgehead atoms. The van der Waals surface area contributed by atoms with Crippen molar-refractivity contribution in [1.82, 2.24) is 10.2 Å². The minimum atomic E-state index is -0.884. The number of hydrogen-bond donors (Lipinski definition) is 2. The first-order valence-corrected chi connectivity index (χ1v) is 11.1. The topological polar surface area (TPSA) is 105 Å². The van der Waals surface area contributed by atoms with Gasteiger partial charge in [-0.15, -0.1) is 0 Å². The van der Waals surface area contributed by atoms with Crippen LogP contribution in [0, 0.1) is 5.92 Å². The summed E-state index contributed by atoms with van der Waals surface area (Å²) in [4.78, 5) is 37.5. The molecule has 1 heterocycles. The van der Waals surface area contributed by atoms with Crippen molar-refractivity contribution >= 4 is 18.0 Å². The number of methoxy groups -OCH3 is 1. The van der Waals surface area contributed by atoms with Crippen molar-refractivity contribution < 1.29 is 29.0 Å². The van der Waals surface area contributed by atoms with Gasteiger partial charge >= 0.3 is 12.1 Å². The number of nitrogens with one attached hydrogen (secondary N) is 1. The maximum atomic E-state index is 12.5. The molecule has 2 unspecified atom stereocenters. The number of nitrogens with zero attached hydrogens (tertiary/aromatic N) is 1. The van der Waals surface area contributed by atoms with Crippen molar-refractivity contribution in [3.63, 3.8) is 0 Å². The summed E-state index contributed by atoms with van der Waals surface area (Å²) in [5.74, 6) is -1.61. The van der Waals surface area contributed by atoms with E-state index in [-0.39, 0.29) is 37.9 Å². The summed E-state index contributed by atoms with van der Waals surface area (Å²) >= 11 is 0. The van der Waals surface area contributed by atoms with Gasteiger partial charge in [0.15, 0.2) is 0 Å². The standard InChI is InChI=1S/C25H28N2O6/c1-32-17(12-23(28)27-11-10-16(14-27)24(29)30)13-26-25(31)33-15-22-20-8-4-2-6-18(20)19-7-3-5-9-21(19)22/h2-9,16-17,22H,10-15H2,1H3,(H,26,31)(H,29,30). The van der Waals surface area contributed by atoms with E-state index in [1.54, 1.807) is 0 Å². The second kappa shape index (κ2) is 10.0. The summed E-state index contributed by atoms with van der Waals surface area (Å²) in [5, 5.41) is 11.8. The van der Waals surface area contributed by atoms with Crippen LogP contribution in [0.5, 0.6) is 0 Å². The van der Waals surface area contributed by atoms with Gasteiger partial charge in [-0.05, 0) is 28.7 Å². The predicted molar refractivity (Wildman–Crippen MR) is 121 cm³/mol. The number of rotatable bonds is 8. The Labute approximate surface area is 192 Å². The Morgan fingerprint density at radius 3 is 2.30 bits per heavy atom.